The first-order chi connectivity index (χ1) is 11.1. The summed E-state index contributed by atoms with van der Waals surface area (Å²) in [7, 11) is 0. The second kappa shape index (κ2) is 6.56. The summed E-state index contributed by atoms with van der Waals surface area (Å²) in [5.41, 5.74) is 1.99. The average Bonchev–Trinajstić information content (AvgIpc) is 3.14. The van der Waals surface area contributed by atoms with Crippen LogP contribution in [-0.4, -0.2) is 33.4 Å². The van der Waals surface area contributed by atoms with Gasteiger partial charge in [0.15, 0.2) is 0 Å². The minimum absolute atomic E-state index is 0.0530. The standard InChI is InChI=1S/C17H18ClN3O2/c1-11-14(17(23)20-13-7-6-12(8-13)10-22)9-19-21(11)16-5-3-2-4-15(16)18/h2-7,9,12-13,22H,8,10H2,1H3,(H,20,23)/t12-,13+/m0/s1. The van der Waals surface area contributed by atoms with Gasteiger partial charge >= 0.3 is 0 Å². The van der Waals surface area contributed by atoms with E-state index in [0.717, 1.165) is 17.8 Å². The van der Waals surface area contributed by atoms with Crippen LogP contribution in [0.2, 0.25) is 5.02 Å². The number of aromatic nitrogens is 2. The van der Waals surface area contributed by atoms with Crippen LogP contribution in [0.4, 0.5) is 0 Å². The largest absolute Gasteiger partial charge is 0.396 e. The van der Waals surface area contributed by atoms with Crippen LogP contribution in [0.1, 0.15) is 22.5 Å². The lowest BCUT2D eigenvalue weighted by molar-refractivity contribution is 0.0940. The van der Waals surface area contributed by atoms with Crippen LogP contribution < -0.4 is 5.32 Å². The van der Waals surface area contributed by atoms with Crippen LogP contribution in [0.15, 0.2) is 42.6 Å². The summed E-state index contributed by atoms with van der Waals surface area (Å²) in [6, 6.07) is 7.32. The van der Waals surface area contributed by atoms with Crippen molar-refractivity contribution in [3.8, 4) is 5.69 Å². The highest BCUT2D eigenvalue weighted by molar-refractivity contribution is 6.32. The van der Waals surface area contributed by atoms with Gasteiger partial charge in [0.05, 0.1) is 28.2 Å². The normalized spacial score (nSPS) is 20.0. The van der Waals surface area contributed by atoms with E-state index < -0.39 is 0 Å². The molecule has 0 aliphatic heterocycles. The molecule has 1 aromatic carbocycles. The van der Waals surface area contributed by atoms with E-state index in [9.17, 15) is 4.79 Å². The molecule has 0 bridgehead atoms. The molecule has 2 atom stereocenters. The number of amides is 1. The fourth-order valence-corrected chi connectivity index (χ4v) is 2.98. The van der Waals surface area contributed by atoms with Crippen LogP contribution in [0, 0.1) is 12.8 Å². The van der Waals surface area contributed by atoms with Crippen LogP contribution >= 0.6 is 11.6 Å². The molecular formula is C17H18ClN3O2. The number of aliphatic hydroxyl groups is 1. The Labute approximate surface area is 139 Å². The Morgan fingerprint density at radius 2 is 2.22 bits per heavy atom. The lowest BCUT2D eigenvalue weighted by atomic mass is 10.1. The zero-order chi connectivity index (χ0) is 16.4. The Morgan fingerprint density at radius 1 is 1.43 bits per heavy atom. The van der Waals surface area contributed by atoms with E-state index in [4.69, 9.17) is 16.7 Å². The third kappa shape index (κ3) is 3.16. The molecule has 0 unspecified atom stereocenters. The van der Waals surface area contributed by atoms with Crippen molar-refractivity contribution in [3.63, 3.8) is 0 Å². The molecule has 0 saturated heterocycles. The summed E-state index contributed by atoms with van der Waals surface area (Å²) in [6.07, 6.45) is 6.13. The van der Waals surface area contributed by atoms with Gasteiger partial charge in [-0.3, -0.25) is 4.79 Å². The first-order valence-electron chi connectivity index (χ1n) is 7.49. The number of carbonyl (C=O) groups excluding carboxylic acids is 1. The first kappa shape index (κ1) is 15.8. The van der Waals surface area contributed by atoms with Gasteiger partial charge in [-0.25, -0.2) is 4.68 Å². The molecule has 5 nitrogen and oxygen atoms in total. The highest BCUT2D eigenvalue weighted by atomic mass is 35.5. The molecule has 0 radical (unpaired) electrons. The van der Waals surface area contributed by atoms with Crippen molar-refractivity contribution in [2.24, 2.45) is 5.92 Å². The smallest absolute Gasteiger partial charge is 0.255 e. The number of rotatable bonds is 4. The second-order valence-corrected chi connectivity index (χ2v) is 6.06. The fourth-order valence-electron chi connectivity index (χ4n) is 2.76. The third-order valence-corrected chi connectivity index (χ3v) is 4.38. The van der Waals surface area contributed by atoms with Crippen molar-refractivity contribution in [1.29, 1.82) is 0 Å². The number of nitrogens with one attached hydrogen (secondary N) is 1. The summed E-state index contributed by atoms with van der Waals surface area (Å²) >= 11 is 6.19. The topological polar surface area (TPSA) is 67.2 Å². The molecule has 120 valence electrons. The van der Waals surface area contributed by atoms with Crippen molar-refractivity contribution in [1.82, 2.24) is 15.1 Å². The molecule has 3 rings (SSSR count). The molecule has 6 heteroatoms. The molecule has 1 aliphatic carbocycles. The van der Waals surface area contributed by atoms with Crippen LogP contribution in [-0.2, 0) is 0 Å². The number of aliphatic hydroxyl groups excluding tert-OH is 1. The zero-order valence-electron chi connectivity index (χ0n) is 12.7. The molecule has 0 fully saturated rings. The quantitative estimate of drug-likeness (QED) is 0.846. The number of carbonyl (C=O) groups is 1. The average molecular weight is 332 g/mol. The maximum absolute atomic E-state index is 12.5. The van der Waals surface area contributed by atoms with Crippen molar-refractivity contribution in [2.45, 2.75) is 19.4 Å². The van der Waals surface area contributed by atoms with Gasteiger partial charge in [-0.2, -0.15) is 5.10 Å². The van der Waals surface area contributed by atoms with Crippen molar-refractivity contribution in [3.05, 3.63) is 58.9 Å². The first-order valence-corrected chi connectivity index (χ1v) is 7.87. The Morgan fingerprint density at radius 3 is 2.91 bits per heavy atom. The van der Waals surface area contributed by atoms with Crippen LogP contribution in [0.25, 0.3) is 5.69 Å². The van der Waals surface area contributed by atoms with Gasteiger partial charge in [-0.15, -0.1) is 0 Å². The fraction of sp³-hybridized carbons (Fsp3) is 0.294. The summed E-state index contributed by atoms with van der Waals surface area (Å²) in [5, 5.41) is 17.0. The highest BCUT2D eigenvalue weighted by Crippen LogP contribution is 2.22. The highest BCUT2D eigenvalue weighted by Gasteiger charge is 2.22. The molecular weight excluding hydrogens is 314 g/mol. The lowest BCUT2D eigenvalue weighted by Gasteiger charge is -2.12. The molecule has 0 spiro atoms. The van der Waals surface area contributed by atoms with E-state index in [1.807, 2.05) is 37.3 Å². The maximum atomic E-state index is 12.5. The predicted molar refractivity (Wildman–Crippen MR) is 88.9 cm³/mol. The summed E-state index contributed by atoms with van der Waals surface area (Å²) in [5.74, 6) is -0.0544. The van der Waals surface area contributed by atoms with Gasteiger partial charge in [-0.05, 0) is 25.5 Å². The number of nitrogens with zero attached hydrogens (tertiary/aromatic N) is 2. The Kier molecular flexibility index (Phi) is 4.50. The van der Waals surface area contributed by atoms with Crippen LogP contribution in [0.3, 0.4) is 0 Å². The van der Waals surface area contributed by atoms with E-state index >= 15 is 0 Å². The van der Waals surface area contributed by atoms with E-state index in [2.05, 4.69) is 10.4 Å². The molecule has 2 N–H and O–H groups in total. The summed E-state index contributed by atoms with van der Waals surface area (Å²) in [4.78, 5) is 12.5. The number of para-hydroxylation sites is 1. The number of hydrogen-bond donors (Lipinski definition) is 2. The van der Waals surface area contributed by atoms with E-state index in [1.54, 1.807) is 16.9 Å². The minimum Gasteiger partial charge on any atom is -0.396 e. The van der Waals surface area contributed by atoms with Gasteiger partial charge in [-0.1, -0.05) is 35.9 Å². The van der Waals surface area contributed by atoms with Gasteiger partial charge in [0.25, 0.3) is 5.91 Å². The lowest BCUT2D eigenvalue weighted by Crippen LogP contribution is -2.33. The van der Waals surface area contributed by atoms with Gasteiger partial charge < -0.3 is 10.4 Å². The Bertz CT molecular complexity index is 754. The third-order valence-electron chi connectivity index (χ3n) is 4.06. The van der Waals surface area contributed by atoms with Gasteiger partial charge in [0.2, 0.25) is 0 Å². The summed E-state index contributed by atoms with van der Waals surface area (Å²) in [6.45, 7) is 1.94. The molecule has 23 heavy (non-hydrogen) atoms. The maximum Gasteiger partial charge on any atom is 0.255 e. The zero-order valence-corrected chi connectivity index (χ0v) is 13.5. The summed E-state index contributed by atoms with van der Waals surface area (Å²) < 4.78 is 1.66. The number of halogens is 1. The Hall–Kier alpha value is -2.11. The van der Waals surface area contributed by atoms with E-state index in [-0.39, 0.29) is 24.5 Å². The van der Waals surface area contributed by atoms with Gasteiger partial charge in [0.1, 0.15) is 0 Å². The van der Waals surface area contributed by atoms with Crippen molar-refractivity contribution >= 4 is 17.5 Å². The van der Waals surface area contributed by atoms with Crippen molar-refractivity contribution < 1.29 is 9.90 Å². The number of hydrogen-bond acceptors (Lipinski definition) is 3. The monoisotopic (exact) mass is 331 g/mol. The van der Waals surface area contributed by atoms with Gasteiger partial charge in [0, 0.05) is 18.6 Å². The molecule has 1 heterocycles. The SMILES string of the molecule is Cc1c(C(=O)N[C@@H]2C=C[C@H](CO)C2)cnn1-c1ccccc1Cl. The molecule has 1 aromatic heterocycles. The Balaban J connectivity index is 1.78. The predicted octanol–water partition coefficient (Wildman–Crippen LogP) is 2.50. The van der Waals surface area contributed by atoms with Crippen molar-refractivity contribution in [2.75, 3.05) is 6.61 Å². The molecule has 1 amide bonds. The minimum atomic E-state index is -0.172. The second-order valence-electron chi connectivity index (χ2n) is 5.65. The van der Waals surface area contributed by atoms with Crippen LogP contribution in [0.5, 0.6) is 0 Å². The van der Waals surface area contributed by atoms with E-state index in [1.165, 1.54) is 0 Å². The molecule has 0 saturated carbocycles. The number of benzene rings is 1. The van der Waals surface area contributed by atoms with E-state index in [0.29, 0.717) is 10.6 Å². The molecule has 2 aromatic rings. The molecule has 1 aliphatic rings.